The Labute approximate surface area is 98.1 Å². The molecule has 0 bridgehead atoms. The van der Waals surface area contributed by atoms with Crippen LogP contribution in [0.3, 0.4) is 0 Å². The molecule has 0 aromatic carbocycles. The summed E-state index contributed by atoms with van der Waals surface area (Å²) in [6.45, 7) is 5.47. The molecule has 3 unspecified atom stereocenters. The Bertz CT molecular complexity index is 332. The predicted molar refractivity (Wildman–Crippen MR) is 66.1 cm³/mol. The summed E-state index contributed by atoms with van der Waals surface area (Å²) < 4.78 is 2.19. The Hall–Kier alpha value is -0.830. The van der Waals surface area contributed by atoms with Crippen molar-refractivity contribution in [2.24, 2.45) is 17.6 Å². The summed E-state index contributed by atoms with van der Waals surface area (Å²) in [6, 6.07) is 0.289. The zero-order chi connectivity index (χ0) is 11.5. The van der Waals surface area contributed by atoms with Crippen LogP contribution in [0, 0.1) is 11.8 Å². The minimum atomic E-state index is 0.289. The Balaban J connectivity index is 1.94. The molecular weight excluding hydrogens is 198 g/mol. The van der Waals surface area contributed by atoms with Gasteiger partial charge in [-0.15, -0.1) is 0 Å². The fourth-order valence-electron chi connectivity index (χ4n) is 2.84. The highest BCUT2D eigenvalue weighted by atomic mass is 15.1. The number of hydrogen-bond donors (Lipinski definition) is 1. The van der Waals surface area contributed by atoms with Gasteiger partial charge in [0.1, 0.15) is 5.82 Å². The van der Waals surface area contributed by atoms with Crippen LogP contribution in [0.4, 0.5) is 0 Å². The highest BCUT2D eigenvalue weighted by molar-refractivity contribution is 4.97. The van der Waals surface area contributed by atoms with E-state index in [0.29, 0.717) is 5.92 Å². The third-order valence-electron chi connectivity index (χ3n) is 3.90. The van der Waals surface area contributed by atoms with Crippen LogP contribution in [-0.4, -0.2) is 15.6 Å². The second kappa shape index (κ2) is 5.00. The van der Waals surface area contributed by atoms with Crippen LogP contribution in [0.15, 0.2) is 12.4 Å². The lowest BCUT2D eigenvalue weighted by molar-refractivity contribution is 0.405. The van der Waals surface area contributed by atoms with Crippen molar-refractivity contribution in [1.82, 2.24) is 9.55 Å². The van der Waals surface area contributed by atoms with E-state index in [1.807, 2.05) is 12.4 Å². The van der Waals surface area contributed by atoms with Crippen LogP contribution in [0.2, 0.25) is 0 Å². The summed E-state index contributed by atoms with van der Waals surface area (Å²) in [5, 5.41) is 0. The van der Waals surface area contributed by atoms with Crippen LogP contribution in [0.1, 0.15) is 38.9 Å². The van der Waals surface area contributed by atoms with Gasteiger partial charge in [0.25, 0.3) is 0 Å². The van der Waals surface area contributed by atoms with E-state index in [1.165, 1.54) is 19.3 Å². The van der Waals surface area contributed by atoms with E-state index in [9.17, 15) is 0 Å². The predicted octanol–water partition coefficient (Wildman–Crippen LogP) is 2.21. The normalized spacial score (nSPS) is 27.2. The van der Waals surface area contributed by atoms with Gasteiger partial charge in [0, 0.05) is 31.4 Å². The average Bonchev–Trinajstić information content (AvgIpc) is 2.86. The highest BCUT2D eigenvalue weighted by Gasteiger charge is 2.27. The van der Waals surface area contributed by atoms with Gasteiger partial charge >= 0.3 is 0 Å². The van der Waals surface area contributed by atoms with Crippen LogP contribution in [0.25, 0.3) is 0 Å². The summed E-state index contributed by atoms with van der Waals surface area (Å²) in [7, 11) is 0. The molecule has 1 saturated carbocycles. The van der Waals surface area contributed by atoms with E-state index < -0.39 is 0 Å². The molecule has 2 N–H and O–H groups in total. The maximum atomic E-state index is 6.30. The number of hydrogen-bond acceptors (Lipinski definition) is 2. The van der Waals surface area contributed by atoms with E-state index in [-0.39, 0.29) is 6.04 Å². The molecular formula is C13H23N3. The van der Waals surface area contributed by atoms with Gasteiger partial charge in [-0.3, -0.25) is 0 Å². The number of aryl methyl sites for hydroxylation is 1. The maximum Gasteiger partial charge on any atom is 0.110 e. The zero-order valence-corrected chi connectivity index (χ0v) is 10.4. The minimum Gasteiger partial charge on any atom is -0.335 e. The van der Waals surface area contributed by atoms with Crippen molar-refractivity contribution < 1.29 is 0 Å². The smallest absolute Gasteiger partial charge is 0.110 e. The molecule has 16 heavy (non-hydrogen) atoms. The van der Waals surface area contributed by atoms with Crippen molar-refractivity contribution in [2.75, 3.05) is 0 Å². The lowest BCUT2D eigenvalue weighted by Gasteiger charge is -2.19. The standard InChI is InChI=1S/C13H23N3/c1-3-16-7-6-15-13(16)9-12(14)11-5-4-10(2)8-11/h6-7,10-12H,3-5,8-9,14H2,1-2H3. The van der Waals surface area contributed by atoms with Gasteiger partial charge in [-0.05, 0) is 31.6 Å². The molecule has 1 aromatic heterocycles. The van der Waals surface area contributed by atoms with E-state index in [0.717, 1.165) is 24.7 Å². The Kier molecular flexibility index (Phi) is 3.64. The maximum absolute atomic E-state index is 6.30. The lowest BCUT2D eigenvalue weighted by Crippen LogP contribution is -2.32. The van der Waals surface area contributed by atoms with Gasteiger partial charge in [-0.25, -0.2) is 4.98 Å². The van der Waals surface area contributed by atoms with Crippen molar-refractivity contribution >= 4 is 0 Å². The molecule has 3 atom stereocenters. The van der Waals surface area contributed by atoms with E-state index in [4.69, 9.17) is 5.73 Å². The Morgan fingerprint density at radius 2 is 2.38 bits per heavy atom. The fourth-order valence-corrected chi connectivity index (χ4v) is 2.84. The van der Waals surface area contributed by atoms with E-state index >= 15 is 0 Å². The first kappa shape index (κ1) is 11.6. The molecule has 0 aliphatic heterocycles. The highest BCUT2D eigenvalue weighted by Crippen LogP contribution is 2.32. The van der Waals surface area contributed by atoms with Crippen molar-refractivity contribution in [3.63, 3.8) is 0 Å². The molecule has 1 aliphatic rings. The third-order valence-corrected chi connectivity index (χ3v) is 3.90. The SMILES string of the molecule is CCn1ccnc1CC(N)C1CCC(C)C1. The second-order valence-electron chi connectivity index (χ2n) is 5.18. The van der Waals surface area contributed by atoms with E-state index in [1.54, 1.807) is 0 Å². The largest absolute Gasteiger partial charge is 0.335 e. The number of rotatable bonds is 4. The Morgan fingerprint density at radius 3 is 3.00 bits per heavy atom. The molecule has 0 saturated heterocycles. The average molecular weight is 221 g/mol. The summed E-state index contributed by atoms with van der Waals surface area (Å²) >= 11 is 0. The first-order valence-corrected chi connectivity index (χ1v) is 6.46. The third kappa shape index (κ3) is 2.46. The number of aromatic nitrogens is 2. The molecule has 1 aromatic rings. The van der Waals surface area contributed by atoms with Gasteiger partial charge in [-0.2, -0.15) is 0 Å². The van der Waals surface area contributed by atoms with Crippen LogP contribution < -0.4 is 5.73 Å². The van der Waals surface area contributed by atoms with Crippen LogP contribution >= 0.6 is 0 Å². The number of nitrogens with two attached hydrogens (primary N) is 1. The van der Waals surface area contributed by atoms with Crippen molar-refractivity contribution in [1.29, 1.82) is 0 Å². The monoisotopic (exact) mass is 221 g/mol. The van der Waals surface area contributed by atoms with Gasteiger partial charge in [0.05, 0.1) is 0 Å². The minimum absolute atomic E-state index is 0.289. The molecule has 0 radical (unpaired) electrons. The molecule has 1 aliphatic carbocycles. The van der Waals surface area contributed by atoms with Gasteiger partial charge in [0.2, 0.25) is 0 Å². The van der Waals surface area contributed by atoms with Gasteiger partial charge in [-0.1, -0.05) is 13.3 Å². The first-order chi connectivity index (χ1) is 7.70. The van der Waals surface area contributed by atoms with E-state index in [2.05, 4.69) is 23.4 Å². The summed E-state index contributed by atoms with van der Waals surface area (Å²) in [5.41, 5.74) is 6.30. The molecule has 90 valence electrons. The quantitative estimate of drug-likeness (QED) is 0.847. The number of nitrogens with zero attached hydrogens (tertiary/aromatic N) is 2. The number of imidazole rings is 1. The van der Waals surface area contributed by atoms with Crippen LogP contribution in [0.5, 0.6) is 0 Å². The first-order valence-electron chi connectivity index (χ1n) is 6.46. The van der Waals surface area contributed by atoms with Crippen LogP contribution in [-0.2, 0) is 13.0 Å². The van der Waals surface area contributed by atoms with Crippen molar-refractivity contribution in [2.45, 2.75) is 52.1 Å². The van der Waals surface area contributed by atoms with Crippen molar-refractivity contribution in [3.05, 3.63) is 18.2 Å². The molecule has 2 rings (SSSR count). The topological polar surface area (TPSA) is 43.8 Å². The fraction of sp³-hybridized carbons (Fsp3) is 0.769. The summed E-state index contributed by atoms with van der Waals surface area (Å²) in [5.74, 6) is 2.72. The molecule has 3 nitrogen and oxygen atoms in total. The van der Waals surface area contributed by atoms with Gasteiger partial charge in [0.15, 0.2) is 0 Å². The lowest BCUT2D eigenvalue weighted by atomic mass is 9.95. The zero-order valence-electron chi connectivity index (χ0n) is 10.4. The summed E-state index contributed by atoms with van der Waals surface area (Å²) in [6.07, 6.45) is 8.80. The molecule has 0 spiro atoms. The van der Waals surface area contributed by atoms with Crippen molar-refractivity contribution in [3.8, 4) is 0 Å². The van der Waals surface area contributed by atoms with Gasteiger partial charge < -0.3 is 10.3 Å². The molecule has 3 heteroatoms. The Morgan fingerprint density at radius 1 is 1.56 bits per heavy atom. The second-order valence-corrected chi connectivity index (χ2v) is 5.18. The molecule has 1 heterocycles. The molecule has 0 amide bonds. The summed E-state index contributed by atoms with van der Waals surface area (Å²) in [4.78, 5) is 4.40. The molecule has 1 fully saturated rings.